The molecule has 0 unspecified atom stereocenters. The van der Waals surface area contributed by atoms with Crippen molar-refractivity contribution < 1.29 is 4.79 Å². The van der Waals surface area contributed by atoms with Gasteiger partial charge < -0.3 is 4.90 Å². The third-order valence-electron chi connectivity index (χ3n) is 5.31. The number of aryl methyl sites for hydroxylation is 2. The second kappa shape index (κ2) is 8.28. The average Bonchev–Trinajstić information content (AvgIpc) is 3.51. The number of benzene rings is 2. The Labute approximate surface area is 188 Å². The third-order valence-corrected chi connectivity index (χ3v) is 6.91. The molecule has 0 aliphatic carbocycles. The van der Waals surface area contributed by atoms with Crippen LogP contribution in [0.4, 0.5) is 5.69 Å². The number of fused-ring (bicyclic) bond motifs is 1. The van der Waals surface area contributed by atoms with Crippen molar-refractivity contribution in [1.82, 2.24) is 20.2 Å². The Kier molecular flexibility index (Phi) is 5.33. The number of thioether (sulfide) groups is 1. The summed E-state index contributed by atoms with van der Waals surface area (Å²) >= 11 is 3.01. The molecule has 8 heteroatoms. The Balaban J connectivity index is 1.25. The molecule has 3 heterocycles. The van der Waals surface area contributed by atoms with E-state index < -0.39 is 0 Å². The van der Waals surface area contributed by atoms with Gasteiger partial charge in [0.25, 0.3) is 0 Å². The van der Waals surface area contributed by atoms with E-state index in [1.54, 1.807) is 11.3 Å². The van der Waals surface area contributed by atoms with Crippen LogP contribution in [0.1, 0.15) is 16.1 Å². The minimum atomic E-state index is 0.0719. The topological polar surface area (TPSA) is 74.8 Å². The SMILES string of the molecule is Cc1ccc(-c2nc(SCC(=O)N3CCc4cc(-c5csc(C)n5)ccc43)n[nH]2)cc1. The van der Waals surface area contributed by atoms with Crippen LogP contribution in [0, 0.1) is 13.8 Å². The molecule has 0 saturated heterocycles. The molecule has 2 aromatic heterocycles. The molecule has 1 aliphatic heterocycles. The van der Waals surface area contributed by atoms with Crippen LogP contribution in [0.25, 0.3) is 22.6 Å². The van der Waals surface area contributed by atoms with Gasteiger partial charge in [-0.3, -0.25) is 9.89 Å². The summed E-state index contributed by atoms with van der Waals surface area (Å²) in [6, 6.07) is 14.4. The predicted molar refractivity (Wildman–Crippen MR) is 126 cm³/mol. The van der Waals surface area contributed by atoms with Crippen molar-refractivity contribution in [1.29, 1.82) is 0 Å². The van der Waals surface area contributed by atoms with Crippen molar-refractivity contribution in [3.05, 3.63) is 64.0 Å². The largest absolute Gasteiger partial charge is 0.311 e. The molecule has 0 saturated carbocycles. The average molecular weight is 448 g/mol. The molecule has 156 valence electrons. The van der Waals surface area contributed by atoms with E-state index in [1.807, 2.05) is 49.1 Å². The maximum atomic E-state index is 12.9. The predicted octanol–water partition coefficient (Wildman–Crippen LogP) is 4.89. The van der Waals surface area contributed by atoms with Gasteiger partial charge in [-0.25, -0.2) is 9.97 Å². The van der Waals surface area contributed by atoms with Gasteiger partial charge in [0.1, 0.15) is 0 Å². The molecule has 4 aromatic rings. The normalized spacial score (nSPS) is 12.9. The van der Waals surface area contributed by atoms with Gasteiger partial charge in [0.2, 0.25) is 11.1 Å². The summed E-state index contributed by atoms with van der Waals surface area (Å²) in [5.41, 5.74) is 6.48. The number of aromatic nitrogens is 4. The van der Waals surface area contributed by atoms with Crippen LogP contribution in [0.5, 0.6) is 0 Å². The Bertz CT molecular complexity index is 1250. The molecule has 1 amide bonds. The van der Waals surface area contributed by atoms with Crippen molar-refractivity contribution in [2.24, 2.45) is 0 Å². The first-order chi connectivity index (χ1) is 15.1. The van der Waals surface area contributed by atoms with E-state index in [0.29, 0.717) is 23.3 Å². The first-order valence-corrected chi connectivity index (χ1v) is 11.9. The molecule has 0 spiro atoms. The van der Waals surface area contributed by atoms with E-state index in [-0.39, 0.29) is 5.91 Å². The maximum Gasteiger partial charge on any atom is 0.237 e. The molecule has 0 fully saturated rings. The van der Waals surface area contributed by atoms with Gasteiger partial charge in [0.15, 0.2) is 5.82 Å². The van der Waals surface area contributed by atoms with Crippen LogP contribution in [-0.4, -0.2) is 38.4 Å². The zero-order chi connectivity index (χ0) is 21.4. The fourth-order valence-corrected chi connectivity index (χ4v) is 4.97. The van der Waals surface area contributed by atoms with Crippen molar-refractivity contribution >= 4 is 34.7 Å². The lowest BCUT2D eigenvalue weighted by molar-refractivity contribution is -0.116. The number of hydrogen-bond acceptors (Lipinski definition) is 6. The number of amides is 1. The Morgan fingerprint density at radius 2 is 1.94 bits per heavy atom. The number of aromatic amines is 1. The van der Waals surface area contributed by atoms with E-state index in [0.717, 1.165) is 33.9 Å². The third kappa shape index (κ3) is 4.13. The fourth-order valence-electron chi connectivity index (χ4n) is 3.67. The number of thiazole rings is 1. The Morgan fingerprint density at radius 1 is 1.13 bits per heavy atom. The van der Waals surface area contributed by atoms with Crippen molar-refractivity contribution in [2.75, 3.05) is 17.2 Å². The number of nitrogens with one attached hydrogen (secondary N) is 1. The number of nitrogens with zero attached hydrogens (tertiary/aromatic N) is 4. The van der Waals surface area contributed by atoms with Gasteiger partial charge in [-0.1, -0.05) is 47.7 Å². The highest BCUT2D eigenvalue weighted by Crippen LogP contribution is 2.33. The summed E-state index contributed by atoms with van der Waals surface area (Å²) in [6.07, 6.45) is 0.862. The summed E-state index contributed by atoms with van der Waals surface area (Å²) in [6.45, 7) is 4.77. The van der Waals surface area contributed by atoms with E-state index in [2.05, 4.69) is 37.7 Å². The van der Waals surface area contributed by atoms with E-state index >= 15 is 0 Å². The number of rotatable bonds is 5. The highest BCUT2D eigenvalue weighted by atomic mass is 32.2. The Hall–Kier alpha value is -2.97. The molecule has 1 N–H and O–H groups in total. The van der Waals surface area contributed by atoms with Gasteiger partial charge in [-0.05, 0) is 38.0 Å². The molecule has 0 bridgehead atoms. The monoisotopic (exact) mass is 447 g/mol. The highest BCUT2D eigenvalue weighted by Gasteiger charge is 2.25. The summed E-state index contributed by atoms with van der Waals surface area (Å²) < 4.78 is 0. The van der Waals surface area contributed by atoms with Gasteiger partial charge in [-0.2, -0.15) is 0 Å². The van der Waals surface area contributed by atoms with Gasteiger partial charge in [0.05, 0.1) is 16.5 Å². The molecular weight excluding hydrogens is 426 g/mol. The fraction of sp³-hybridized carbons (Fsp3) is 0.217. The quantitative estimate of drug-likeness (QED) is 0.441. The summed E-state index contributed by atoms with van der Waals surface area (Å²) in [7, 11) is 0. The van der Waals surface area contributed by atoms with Gasteiger partial charge in [0, 0.05) is 28.7 Å². The van der Waals surface area contributed by atoms with Crippen molar-refractivity contribution in [3.8, 4) is 22.6 Å². The number of H-pyrrole nitrogens is 1. The summed E-state index contributed by atoms with van der Waals surface area (Å²) in [4.78, 5) is 23.8. The van der Waals surface area contributed by atoms with E-state index in [4.69, 9.17) is 0 Å². The van der Waals surface area contributed by atoms with Gasteiger partial charge >= 0.3 is 0 Å². The molecule has 1 aliphatic rings. The first kappa shape index (κ1) is 20.0. The minimum absolute atomic E-state index is 0.0719. The van der Waals surface area contributed by atoms with E-state index in [9.17, 15) is 4.79 Å². The van der Waals surface area contributed by atoms with Crippen LogP contribution in [-0.2, 0) is 11.2 Å². The number of hydrogen-bond donors (Lipinski definition) is 1. The minimum Gasteiger partial charge on any atom is -0.311 e. The van der Waals surface area contributed by atoms with Crippen LogP contribution in [0.15, 0.2) is 53.0 Å². The zero-order valence-electron chi connectivity index (χ0n) is 17.3. The van der Waals surface area contributed by atoms with Gasteiger partial charge in [-0.15, -0.1) is 16.4 Å². The molecule has 5 rings (SSSR count). The number of anilines is 1. The Morgan fingerprint density at radius 3 is 2.71 bits per heavy atom. The lowest BCUT2D eigenvalue weighted by atomic mass is 10.1. The van der Waals surface area contributed by atoms with Crippen molar-refractivity contribution in [3.63, 3.8) is 0 Å². The number of carbonyl (C=O) groups is 1. The molecule has 6 nitrogen and oxygen atoms in total. The lowest BCUT2D eigenvalue weighted by Gasteiger charge is -2.17. The molecule has 0 atom stereocenters. The van der Waals surface area contributed by atoms with Crippen LogP contribution in [0.3, 0.4) is 0 Å². The van der Waals surface area contributed by atoms with Crippen molar-refractivity contribution in [2.45, 2.75) is 25.4 Å². The molecule has 0 radical (unpaired) electrons. The summed E-state index contributed by atoms with van der Waals surface area (Å²) in [5, 5.41) is 10.9. The molecular formula is C23H21N5OS2. The standard InChI is InChI=1S/C23H21N5OS2/c1-14-3-5-16(6-4-14)22-25-23(27-26-22)31-13-21(29)28-10-9-18-11-17(7-8-20(18)28)19-12-30-15(2)24-19/h3-8,11-12H,9-10,13H2,1-2H3,(H,25,26,27). The van der Waals surface area contributed by atoms with E-state index in [1.165, 1.54) is 22.9 Å². The molecule has 2 aromatic carbocycles. The lowest BCUT2D eigenvalue weighted by Crippen LogP contribution is -2.30. The molecule has 31 heavy (non-hydrogen) atoms. The highest BCUT2D eigenvalue weighted by molar-refractivity contribution is 7.99. The van der Waals surface area contributed by atoms with Crippen LogP contribution < -0.4 is 4.90 Å². The van der Waals surface area contributed by atoms with Crippen LogP contribution >= 0.6 is 23.1 Å². The van der Waals surface area contributed by atoms with Crippen LogP contribution in [0.2, 0.25) is 0 Å². The second-order valence-electron chi connectivity index (χ2n) is 7.51. The smallest absolute Gasteiger partial charge is 0.237 e. The summed E-state index contributed by atoms with van der Waals surface area (Å²) in [5.74, 6) is 1.09. The zero-order valence-corrected chi connectivity index (χ0v) is 18.9. The first-order valence-electron chi connectivity index (χ1n) is 10.0. The number of carbonyl (C=O) groups excluding carboxylic acids is 1. The second-order valence-corrected chi connectivity index (χ2v) is 9.52. The maximum absolute atomic E-state index is 12.9.